The Labute approximate surface area is 130 Å². The molecule has 21 heavy (non-hydrogen) atoms. The molecule has 2 fully saturated rings. The Kier molecular flexibility index (Phi) is 4.41. The van der Waals surface area contributed by atoms with Crippen molar-refractivity contribution in [2.24, 2.45) is 0 Å². The van der Waals surface area contributed by atoms with Gasteiger partial charge in [-0.05, 0) is 31.4 Å². The van der Waals surface area contributed by atoms with E-state index in [1.54, 1.807) is 13.0 Å². The Morgan fingerprint density at radius 1 is 1.38 bits per heavy atom. The second-order valence-corrected chi connectivity index (χ2v) is 9.64. The summed E-state index contributed by atoms with van der Waals surface area (Å²) < 4.78 is 30.2. The second kappa shape index (κ2) is 5.99. The average Bonchev–Trinajstić information content (AvgIpc) is 3.20. The molecule has 0 amide bonds. The van der Waals surface area contributed by atoms with Crippen molar-refractivity contribution in [2.45, 2.75) is 61.4 Å². The van der Waals surface area contributed by atoms with E-state index in [0.29, 0.717) is 10.3 Å². The lowest BCUT2D eigenvalue weighted by atomic mass is 9.92. The van der Waals surface area contributed by atoms with Crippen molar-refractivity contribution >= 4 is 21.2 Å². The van der Waals surface area contributed by atoms with E-state index in [9.17, 15) is 8.42 Å². The monoisotopic (exact) mass is 329 g/mol. The van der Waals surface area contributed by atoms with Crippen LogP contribution in [0.4, 0.5) is 0 Å². The largest absolute Gasteiger partial charge is 0.373 e. The molecule has 1 atom stereocenters. The summed E-state index contributed by atoms with van der Waals surface area (Å²) in [5, 5.41) is 3.60. The van der Waals surface area contributed by atoms with Gasteiger partial charge in [0.1, 0.15) is 4.21 Å². The summed E-state index contributed by atoms with van der Waals surface area (Å²) >= 11 is 1.39. The highest BCUT2D eigenvalue weighted by molar-refractivity contribution is 7.93. The molecule has 2 aliphatic rings. The van der Waals surface area contributed by atoms with E-state index in [-0.39, 0.29) is 11.4 Å². The van der Waals surface area contributed by atoms with Gasteiger partial charge in [-0.2, -0.15) is 0 Å². The topological polar surface area (TPSA) is 55.4 Å². The molecular formula is C15H23NO3S2. The van der Waals surface area contributed by atoms with Crippen LogP contribution in [0.5, 0.6) is 0 Å². The van der Waals surface area contributed by atoms with Crippen LogP contribution in [0.3, 0.4) is 0 Å². The minimum absolute atomic E-state index is 0.0512. The molecule has 0 bridgehead atoms. The Balaban J connectivity index is 1.63. The summed E-state index contributed by atoms with van der Waals surface area (Å²) in [7, 11) is -3.07. The first-order valence-electron chi connectivity index (χ1n) is 7.74. The fraction of sp³-hybridized carbons (Fsp3) is 0.733. The third-order valence-corrected chi connectivity index (χ3v) is 8.13. The van der Waals surface area contributed by atoms with Crippen LogP contribution in [0.25, 0.3) is 0 Å². The Morgan fingerprint density at radius 2 is 2.14 bits per heavy atom. The molecule has 1 saturated heterocycles. The van der Waals surface area contributed by atoms with Gasteiger partial charge in [-0.15, -0.1) is 11.3 Å². The molecule has 1 aliphatic carbocycles. The van der Waals surface area contributed by atoms with Gasteiger partial charge in [0.05, 0.1) is 11.4 Å². The fourth-order valence-corrected chi connectivity index (χ4v) is 5.91. The standard InChI is InChI=1S/C15H23NO3S2/c1-2-21(17,18)14-6-5-12(20-14)11-16-13-7-10-19-15(13)8-3-4-9-15/h5-6,13,16H,2-4,7-11H2,1H3. The van der Waals surface area contributed by atoms with Crippen LogP contribution in [-0.4, -0.2) is 32.4 Å². The van der Waals surface area contributed by atoms with Crippen molar-refractivity contribution in [1.82, 2.24) is 5.32 Å². The smallest absolute Gasteiger partial charge is 0.187 e. The second-order valence-electron chi connectivity index (χ2n) is 5.97. The number of rotatable bonds is 5. The van der Waals surface area contributed by atoms with E-state index in [1.807, 2.05) is 6.07 Å². The van der Waals surface area contributed by atoms with Crippen molar-refractivity contribution in [1.29, 1.82) is 0 Å². The van der Waals surface area contributed by atoms with E-state index in [0.717, 1.165) is 37.3 Å². The zero-order chi connectivity index (χ0) is 14.9. The van der Waals surface area contributed by atoms with Gasteiger partial charge in [-0.25, -0.2) is 8.42 Å². The van der Waals surface area contributed by atoms with E-state index in [2.05, 4.69) is 5.32 Å². The molecular weight excluding hydrogens is 306 g/mol. The van der Waals surface area contributed by atoms with Gasteiger partial charge >= 0.3 is 0 Å². The Morgan fingerprint density at radius 3 is 2.86 bits per heavy atom. The number of ether oxygens (including phenoxy) is 1. The normalized spacial score (nSPS) is 24.9. The summed E-state index contributed by atoms with van der Waals surface area (Å²) in [5.74, 6) is 0.167. The van der Waals surface area contributed by atoms with Crippen molar-refractivity contribution in [3.05, 3.63) is 17.0 Å². The van der Waals surface area contributed by atoms with Crippen LogP contribution < -0.4 is 5.32 Å². The van der Waals surface area contributed by atoms with Crippen molar-refractivity contribution in [2.75, 3.05) is 12.4 Å². The molecule has 4 nitrogen and oxygen atoms in total. The van der Waals surface area contributed by atoms with Crippen LogP contribution >= 0.6 is 11.3 Å². The van der Waals surface area contributed by atoms with Crippen molar-refractivity contribution in [3.8, 4) is 0 Å². The first kappa shape index (κ1) is 15.5. The molecule has 6 heteroatoms. The summed E-state index contributed by atoms with van der Waals surface area (Å²) in [6.45, 7) is 3.27. The zero-order valence-corrected chi connectivity index (χ0v) is 14.1. The van der Waals surface area contributed by atoms with Crippen LogP contribution in [0.2, 0.25) is 0 Å². The van der Waals surface area contributed by atoms with Gasteiger partial charge in [0.15, 0.2) is 9.84 Å². The molecule has 1 spiro atoms. The fourth-order valence-electron chi connectivity index (χ4n) is 3.48. The third kappa shape index (κ3) is 3.04. The van der Waals surface area contributed by atoms with Crippen LogP contribution in [-0.2, 0) is 21.1 Å². The number of thiophene rings is 1. The highest BCUT2D eigenvalue weighted by atomic mass is 32.2. The molecule has 1 aromatic rings. The maximum absolute atomic E-state index is 11.8. The third-order valence-electron chi connectivity index (χ3n) is 4.73. The molecule has 0 aromatic carbocycles. The first-order valence-corrected chi connectivity index (χ1v) is 10.2. The highest BCUT2D eigenvalue weighted by Crippen LogP contribution is 2.41. The minimum atomic E-state index is -3.07. The summed E-state index contributed by atoms with van der Waals surface area (Å²) in [4.78, 5) is 1.09. The number of hydrogen-bond donors (Lipinski definition) is 1. The summed E-state index contributed by atoms with van der Waals surface area (Å²) in [6, 6.07) is 4.07. The van der Waals surface area contributed by atoms with E-state index >= 15 is 0 Å². The van der Waals surface area contributed by atoms with Gasteiger partial charge in [-0.3, -0.25) is 0 Å². The minimum Gasteiger partial charge on any atom is -0.373 e. The van der Waals surface area contributed by atoms with Gasteiger partial charge in [0.2, 0.25) is 0 Å². The van der Waals surface area contributed by atoms with Crippen LogP contribution in [0.15, 0.2) is 16.3 Å². The van der Waals surface area contributed by atoms with E-state index in [4.69, 9.17) is 4.74 Å². The average molecular weight is 329 g/mol. The summed E-state index contributed by atoms with van der Waals surface area (Å²) in [5.41, 5.74) is 0.0512. The highest BCUT2D eigenvalue weighted by Gasteiger charge is 2.45. The number of hydrogen-bond acceptors (Lipinski definition) is 5. The molecule has 1 aromatic heterocycles. The van der Waals surface area contributed by atoms with Gasteiger partial charge in [0, 0.05) is 24.1 Å². The molecule has 3 rings (SSSR count). The zero-order valence-electron chi connectivity index (χ0n) is 12.4. The van der Waals surface area contributed by atoms with Gasteiger partial charge in [-0.1, -0.05) is 19.8 Å². The van der Waals surface area contributed by atoms with Crippen molar-refractivity contribution < 1.29 is 13.2 Å². The summed E-state index contributed by atoms with van der Waals surface area (Å²) in [6.07, 6.45) is 5.90. The molecule has 118 valence electrons. The molecule has 1 saturated carbocycles. The maximum Gasteiger partial charge on any atom is 0.187 e. The lowest BCUT2D eigenvalue weighted by molar-refractivity contribution is -0.00480. The van der Waals surface area contributed by atoms with E-state index < -0.39 is 9.84 Å². The maximum atomic E-state index is 11.8. The molecule has 2 heterocycles. The van der Waals surface area contributed by atoms with Gasteiger partial charge in [0.25, 0.3) is 0 Å². The van der Waals surface area contributed by atoms with Gasteiger partial charge < -0.3 is 10.1 Å². The first-order chi connectivity index (χ1) is 10.1. The van der Waals surface area contributed by atoms with Crippen LogP contribution in [0, 0.1) is 0 Å². The van der Waals surface area contributed by atoms with E-state index in [1.165, 1.54) is 24.2 Å². The lowest BCUT2D eigenvalue weighted by Crippen LogP contribution is -2.45. The Bertz CT molecular complexity index is 582. The Hall–Kier alpha value is -0.430. The van der Waals surface area contributed by atoms with Crippen LogP contribution in [0.1, 0.15) is 43.9 Å². The number of nitrogens with one attached hydrogen (secondary N) is 1. The SMILES string of the molecule is CCS(=O)(=O)c1ccc(CNC2CCOC23CCCC3)s1. The quantitative estimate of drug-likeness (QED) is 0.902. The van der Waals surface area contributed by atoms with Crippen molar-refractivity contribution in [3.63, 3.8) is 0 Å². The lowest BCUT2D eigenvalue weighted by Gasteiger charge is -2.30. The molecule has 1 N–H and O–H groups in total. The molecule has 1 unspecified atom stereocenters. The predicted octanol–water partition coefficient (Wildman–Crippen LogP) is 2.73. The number of sulfone groups is 1. The molecule has 1 aliphatic heterocycles. The molecule has 0 radical (unpaired) electrons. The predicted molar refractivity (Wildman–Crippen MR) is 84.4 cm³/mol.